The molecule has 2 N–H and O–H groups in total. The Labute approximate surface area is 225 Å². The van der Waals surface area contributed by atoms with E-state index in [9.17, 15) is 13.2 Å². The summed E-state index contributed by atoms with van der Waals surface area (Å²) in [5, 5.41) is 4.94. The number of hydrazone groups is 1. The van der Waals surface area contributed by atoms with Crippen LogP contribution in [0.15, 0.2) is 99.3 Å². The number of aryl methyl sites for hydroxylation is 1. The fourth-order valence-corrected chi connectivity index (χ4v) is 5.15. The third-order valence-electron chi connectivity index (χ3n) is 5.42. The quantitative estimate of drug-likeness (QED) is 0.192. The van der Waals surface area contributed by atoms with E-state index >= 15 is 0 Å². The van der Waals surface area contributed by atoms with Gasteiger partial charge in [0.25, 0.3) is 0 Å². The second kappa shape index (κ2) is 11.7. The highest BCUT2D eigenvalue weighted by atomic mass is 35.5. The number of furan rings is 1. The summed E-state index contributed by atoms with van der Waals surface area (Å²) in [6, 6.07) is 23.0. The van der Waals surface area contributed by atoms with Crippen LogP contribution in [0.25, 0.3) is 11.3 Å². The van der Waals surface area contributed by atoms with E-state index in [0.29, 0.717) is 32.7 Å². The van der Waals surface area contributed by atoms with Gasteiger partial charge in [-0.25, -0.2) is 18.6 Å². The van der Waals surface area contributed by atoms with Crippen LogP contribution in [0, 0.1) is 6.92 Å². The first-order valence-corrected chi connectivity index (χ1v) is 13.5. The molecule has 0 aliphatic carbocycles. The van der Waals surface area contributed by atoms with E-state index in [1.807, 2.05) is 13.0 Å². The summed E-state index contributed by atoms with van der Waals surface area (Å²) in [7, 11) is -3.87. The summed E-state index contributed by atoms with van der Waals surface area (Å²) < 4.78 is 34.3. The third kappa shape index (κ3) is 7.08. The molecule has 190 valence electrons. The smallest absolute Gasteiger partial charge is 0.242 e. The minimum Gasteiger partial charge on any atom is -0.455 e. The first kappa shape index (κ1) is 26.6. The molecule has 37 heavy (non-hydrogen) atoms. The number of amides is 1. The van der Waals surface area contributed by atoms with Gasteiger partial charge in [0, 0.05) is 17.0 Å². The first-order valence-electron chi connectivity index (χ1n) is 11.2. The highest BCUT2D eigenvalue weighted by Crippen LogP contribution is 2.31. The van der Waals surface area contributed by atoms with Crippen LogP contribution >= 0.6 is 23.2 Å². The van der Waals surface area contributed by atoms with Crippen LogP contribution in [0.5, 0.6) is 0 Å². The van der Waals surface area contributed by atoms with Gasteiger partial charge in [-0.15, -0.1) is 0 Å². The molecule has 1 heterocycles. The van der Waals surface area contributed by atoms with Gasteiger partial charge in [0.05, 0.1) is 22.2 Å². The zero-order valence-corrected chi connectivity index (χ0v) is 22.0. The van der Waals surface area contributed by atoms with Gasteiger partial charge >= 0.3 is 0 Å². The fraction of sp³-hybridized carbons (Fsp3) is 0.111. The van der Waals surface area contributed by atoms with Crippen LogP contribution in [-0.4, -0.2) is 20.5 Å². The van der Waals surface area contributed by atoms with E-state index < -0.39 is 22.0 Å². The van der Waals surface area contributed by atoms with Gasteiger partial charge in [-0.3, -0.25) is 4.79 Å². The third-order valence-corrected chi connectivity index (χ3v) is 7.47. The van der Waals surface area contributed by atoms with Crippen molar-refractivity contribution in [3.8, 4) is 11.3 Å². The molecule has 0 saturated carbocycles. The maximum Gasteiger partial charge on any atom is 0.242 e. The number of rotatable bonds is 9. The Bertz CT molecular complexity index is 1520. The van der Waals surface area contributed by atoms with Gasteiger partial charge in [-0.05, 0) is 55.0 Å². The molecule has 4 rings (SSSR count). The number of nitrogens with zero attached hydrogens (tertiary/aromatic N) is 1. The number of hydrogen-bond acceptors (Lipinski definition) is 5. The molecule has 3 aromatic carbocycles. The van der Waals surface area contributed by atoms with Crippen LogP contribution in [0.4, 0.5) is 0 Å². The number of nitrogens with one attached hydrogen (secondary N) is 2. The summed E-state index contributed by atoms with van der Waals surface area (Å²) in [4.78, 5) is 12.8. The number of hydrogen-bond donors (Lipinski definition) is 2. The molecule has 10 heteroatoms. The van der Waals surface area contributed by atoms with Crippen molar-refractivity contribution in [1.82, 2.24) is 10.1 Å². The molecule has 4 aromatic rings. The standard InChI is InChI=1S/C27H23Cl2N3O4S/c1-18-7-11-22(12-8-18)37(34,35)32-25(19-5-3-2-4-6-19)16-27(33)31-30-17-21-10-14-26(36-21)23-15-20(28)9-13-24(23)29/h2-15,17,25,32H,16H2,1H3,(H,31,33)/b30-17-/t25-/m0/s1. The number of carbonyl (C=O) groups is 1. The number of benzene rings is 3. The maximum atomic E-state index is 13.0. The molecule has 0 fully saturated rings. The van der Waals surface area contributed by atoms with Crippen molar-refractivity contribution in [2.45, 2.75) is 24.3 Å². The molecule has 0 spiro atoms. The Morgan fingerprint density at radius 1 is 1.00 bits per heavy atom. The molecule has 1 aromatic heterocycles. The fourth-order valence-electron chi connectivity index (χ4n) is 3.54. The molecule has 0 saturated heterocycles. The van der Waals surface area contributed by atoms with Crippen molar-refractivity contribution in [2.75, 3.05) is 0 Å². The molecule has 0 aliphatic heterocycles. The molecular weight excluding hydrogens is 533 g/mol. The van der Waals surface area contributed by atoms with Gasteiger partial charge in [-0.1, -0.05) is 71.2 Å². The van der Waals surface area contributed by atoms with E-state index in [4.69, 9.17) is 27.6 Å². The summed E-state index contributed by atoms with van der Waals surface area (Å²) in [5.74, 6) is 0.391. The van der Waals surface area contributed by atoms with E-state index in [1.54, 1.807) is 66.7 Å². The van der Waals surface area contributed by atoms with Crippen molar-refractivity contribution in [1.29, 1.82) is 0 Å². The largest absolute Gasteiger partial charge is 0.455 e. The van der Waals surface area contributed by atoms with E-state index in [1.165, 1.54) is 18.3 Å². The lowest BCUT2D eigenvalue weighted by Crippen LogP contribution is -2.32. The molecule has 1 atom stereocenters. The zero-order valence-electron chi connectivity index (χ0n) is 19.7. The second-order valence-electron chi connectivity index (χ2n) is 8.22. The van der Waals surface area contributed by atoms with E-state index in [2.05, 4.69) is 15.2 Å². The zero-order chi connectivity index (χ0) is 26.4. The number of sulfonamides is 1. The predicted molar refractivity (Wildman–Crippen MR) is 145 cm³/mol. The summed E-state index contributed by atoms with van der Waals surface area (Å²) in [6.45, 7) is 1.87. The Morgan fingerprint density at radius 3 is 2.46 bits per heavy atom. The molecule has 0 bridgehead atoms. The Hall–Kier alpha value is -3.43. The monoisotopic (exact) mass is 555 g/mol. The van der Waals surface area contributed by atoms with Crippen LogP contribution < -0.4 is 10.1 Å². The Balaban J connectivity index is 1.44. The second-order valence-corrected chi connectivity index (χ2v) is 10.8. The van der Waals surface area contributed by atoms with E-state index in [0.717, 1.165) is 5.56 Å². The average molecular weight is 556 g/mol. The molecule has 0 aliphatic rings. The predicted octanol–water partition coefficient (Wildman–Crippen LogP) is 6.12. The van der Waals surface area contributed by atoms with Crippen molar-refractivity contribution in [3.63, 3.8) is 0 Å². The highest BCUT2D eigenvalue weighted by molar-refractivity contribution is 7.89. The van der Waals surface area contributed by atoms with Gasteiger partial charge in [0.2, 0.25) is 15.9 Å². The van der Waals surface area contributed by atoms with Gasteiger partial charge < -0.3 is 4.42 Å². The van der Waals surface area contributed by atoms with Crippen LogP contribution in [0.3, 0.4) is 0 Å². The summed E-state index contributed by atoms with van der Waals surface area (Å²) >= 11 is 12.3. The van der Waals surface area contributed by atoms with Crippen LogP contribution in [0.2, 0.25) is 10.0 Å². The molecular formula is C27H23Cl2N3O4S. The Kier molecular flexibility index (Phi) is 8.45. The van der Waals surface area contributed by atoms with Crippen molar-refractivity contribution < 1.29 is 17.6 Å². The SMILES string of the molecule is Cc1ccc(S(=O)(=O)N[C@@H](CC(=O)N/N=C\c2ccc(-c3cc(Cl)ccc3Cl)o2)c2ccccc2)cc1. The van der Waals surface area contributed by atoms with Crippen molar-refractivity contribution in [3.05, 3.63) is 112 Å². The Morgan fingerprint density at radius 2 is 1.73 bits per heavy atom. The lowest BCUT2D eigenvalue weighted by molar-refractivity contribution is -0.121. The topological polar surface area (TPSA) is 101 Å². The van der Waals surface area contributed by atoms with Gasteiger partial charge in [-0.2, -0.15) is 5.10 Å². The van der Waals surface area contributed by atoms with Gasteiger partial charge in [0.1, 0.15) is 11.5 Å². The van der Waals surface area contributed by atoms with Crippen molar-refractivity contribution in [2.24, 2.45) is 5.10 Å². The van der Waals surface area contributed by atoms with E-state index in [-0.39, 0.29) is 11.3 Å². The lowest BCUT2D eigenvalue weighted by atomic mass is 10.0. The normalized spacial score (nSPS) is 12.5. The summed E-state index contributed by atoms with van der Waals surface area (Å²) in [5.41, 5.74) is 4.64. The molecule has 7 nitrogen and oxygen atoms in total. The first-order chi connectivity index (χ1) is 17.7. The molecule has 0 unspecified atom stereocenters. The maximum absolute atomic E-state index is 13.0. The van der Waals surface area contributed by atoms with Crippen LogP contribution in [0.1, 0.15) is 29.3 Å². The highest BCUT2D eigenvalue weighted by Gasteiger charge is 2.23. The van der Waals surface area contributed by atoms with Gasteiger partial charge in [0.15, 0.2) is 0 Å². The average Bonchev–Trinajstić information content (AvgIpc) is 3.34. The minimum absolute atomic E-state index is 0.117. The number of carbonyl (C=O) groups excluding carboxylic acids is 1. The number of halogens is 2. The molecule has 1 amide bonds. The van der Waals surface area contributed by atoms with Crippen LogP contribution in [-0.2, 0) is 14.8 Å². The van der Waals surface area contributed by atoms with Crippen molar-refractivity contribution >= 4 is 45.3 Å². The lowest BCUT2D eigenvalue weighted by Gasteiger charge is -2.18. The molecule has 0 radical (unpaired) electrons. The minimum atomic E-state index is -3.87. The summed E-state index contributed by atoms with van der Waals surface area (Å²) in [6.07, 6.45) is 1.17.